The van der Waals surface area contributed by atoms with Crippen LogP contribution in [0.15, 0.2) is 41.2 Å². The molecule has 0 amide bonds. The maximum atomic E-state index is 5.33. The number of nitrogens with one attached hydrogen (secondary N) is 1. The van der Waals surface area contributed by atoms with Crippen LogP contribution >= 0.6 is 0 Å². The molecule has 0 saturated heterocycles. The van der Waals surface area contributed by atoms with Crippen LogP contribution in [-0.4, -0.2) is 13.7 Å². The third-order valence-electron chi connectivity index (χ3n) is 3.48. The molecule has 1 aromatic carbocycles. The fourth-order valence-corrected chi connectivity index (χ4v) is 2.39. The Labute approximate surface area is 121 Å². The number of furan rings is 1. The number of aryl methyl sites for hydroxylation is 1. The van der Waals surface area contributed by atoms with Crippen LogP contribution in [0.3, 0.4) is 0 Å². The maximum absolute atomic E-state index is 5.33. The molecule has 0 aliphatic heterocycles. The van der Waals surface area contributed by atoms with Crippen molar-refractivity contribution in [2.75, 3.05) is 13.7 Å². The van der Waals surface area contributed by atoms with Crippen LogP contribution in [0.5, 0.6) is 5.75 Å². The Hall–Kier alpha value is -1.74. The minimum atomic E-state index is 0.303. The van der Waals surface area contributed by atoms with Crippen molar-refractivity contribution < 1.29 is 9.15 Å². The van der Waals surface area contributed by atoms with Crippen molar-refractivity contribution in [3.8, 4) is 5.75 Å². The van der Waals surface area contributed by atoms with E-state index in [9.17, 15) is 0 Å². The Morgan fingerprint density at radius 2 is 2.15 bits per heavy atom. The van der Waals surface area contributed by atoms with Crippen molar-refractivity contribution in [2.24, 2.45) is 0 Å². The highest BCUT2D eigenvalue weighted by molar-refractivity contribution is 5.37. The Balaban J connectivity index is 2.18. The van der Waals surface area contributed by atoms with Crippen LogP contribution in [0, 0.1) is 6.92 Å². The molecule has 0 aliphatic carbocycles. The van der Waals surface area contributed by atoms with Crippen LogP contribution < -0.4 is 10.1 Å². The molecule has 20 heavy (non-hydrogen) atoms. The van der Waals surface area contributed by atoms with Gasteiger partial charge in [-0.3, -0.25) is 0 Å². The zero-order valence-corrected chi connectivity index (χ0v) is 12.5. The largest absolute Gasteiger partial charge is 0.496 e. The van der Waals surface area contributed by atoms with Crippen molar-refractivity contribution in [3.05, 3.63) is 53.5 Å². The van der Waals surface area contributed by atoms with Gasteiger partial charge in [-0.05, 0) is 55.1 Å². The second-order valence-electron chi connectivity index (χ2n) is 5.07. The highest BCUT2D eigenvalue weighted by atomic mass is 16.5. The topological polar surface area (TPSA) is 34.4 Å². The fraction of sp³-hybridized carbons (Fsp3) is 0.412. The van der Waals surface area contributed by atoms with Gasteiger partial charge in [-0.15, -0.1) is 0 Å². The molecule has 0 bridgehead atoms. The molecule has 2 aromatic rings. The molecule has 0 radical (unpaired) electrons. The molecule has 1 heterocycles. The van der Waals surface area contributed by atoms with Crippen LogP contribution in [-0.2, 0) is 6.42 Å². The van der Waals surface area contributed by atoms with Crippen LogP contribution in [0.4, 0.5) is 0 Å². The summed E-state index contributed by atoms with van der Waals surface area (Å²) in [5.41, 5.74) is 3.67. The molecule has 0 spiro atoms. The molecule has 1 aromatic heterocycles. The maximum Gasteiger partial charge on any atom is 0.121 e. The van der Waals surface area contributed by atoms with Crippen LogP contribution in [0.25, 0.3) is 0 Å². The van der Waals surface area contributed by atoms with Gasteiger partial charge < -0.3 is 14.5 Å². The first-order valence-corrected chi connectivity index (χ1v) is 7.13. The first-order valence-electron chi connectivity index (χ1n) is 7.13. The molecule has 3 heteroatoms. The van der Waals surface area contributed by atoms with Crippen molar-refractivity contribution in [3.63, 3.8) is 0 Å². The Morgan fingerprint density at radius 3 is 2.75 bits per heavy atom. The summed E-state index contributed by atoms with van der Waals surface area (Å²) in [6.07, 6.45) is 5.60. The van der Waals surface area contributed by atoms with E-state index in [0.29, 0.717) is 6.04 Å². The van der Waals surface area contributed by atoms with Gasteiger partial charge in [0.15, 0.2) is 0 Å². The Kier molecular flexibility index (Phi) is 5.24. The minimum absolute atomic E-state index is 0.303. The molecule has 0 saturated carbocycles. The van der Waals surface area contributed by atoms with E-state index >= 15 is 0 Å². The van der Waals surface area contributed by atoms with E-state index in [1.807, 2.05) is 18.4 Å². The lowest BCUT2D eigenvalue weighted by molar-refractivity contribution is 0.411. The fourth-order valence-electron chi connectivity index (χ4n) is 2.39. The quantitative estimate of drug-likeness (QED) is 0.831. The number of benzene rings is 1. The van der Waals surface area contributed by atoms with Crippen LogP contribution in [0.1, 0.15) is 36.1 Å². The van der Waals surface area contributed by atoms with E-state index in [-0.39, 0.29) is 0 Å². The molecular formula is C17H23NO2. The Morgan fingerprint density at radius 1 is 1.30 bits per heavy atom. The summed E-state index contributed by atoms with van der Waals surface area (Å²) in [7, 11) is 1.71. The van der Waals surface area contributed by atoms with Gasteiger partial charge in [-0.2, -0.15) is 0 Å². The smallest absolute Gasteiger partial charge is 0.121 e. The predicted molar refractivity (Wildman–Crippen MR) is 81.2 cm³/mol. The summed E-state index contributed by atoms with van der Waals surface area (Å²) in [4.78, 5) is 0. The summed E-state index contributed by atoms with van der Waals surface area (Å²) < 4.78 is 10.5. The average Bonchev–Trinajstić information content (AvgIpc) is 2.96. The van der Waals surface area contributed by atoms with Gasteiger partial charge in [0.25, 0.3) is 0 Å². The summed E-state index contributed by atoms with van der Waals surface area (Å²) >= 11 is 0. The molecule has 3 nitrogen and oxygen atoms in total. The highest BCUT2D eigenvalue weighted by Gasteiger charge is 2.13. The zero-order chi connectivity index (χ0) is 14.4. The number of hydrogen-bond acceptors (Lipinski definition) is 3. The first kappa shape index (κ1) is 14.7. The van der Waals surface area contributed by atoms with Crippen molar-refractivity contribution >= 4 is 0 Å². The van der Waals surface area contributed by atoms with Crippen LogP contribution in [0.2, 0.25) is 0 Å². The lowest BCUT2D eigenvalue weighted by Gasteiger charge is -2.19. The summed E-state index contributed by atoms with van der Waals surface area (Å²) in [6, 6.07) is 8.71. The monoisotopic (exact) mass is 273 g/mol. The molecule has 1 atom stereocenters. The number of methoxy groups -OCH3 is 1. The molecule has 0 fully saturated rings. The van der Waals surface area contributed by atoms with Gasteiger partial charge in [0.2, 0.25) is 0 Å². The van der Waals surface area contributed by atoms with E-state index in [4.69, 9.17) is 9.15 Å². The van der Waals surface area contributed by atoms with E-state index in [2.05, 4.69) is 31.3 Å². The van der Waals surface area contributed by atoms with Crippen molar-refractivity contribution in [1.82, 2.24) is 5.32 Å². The van der Waals surface area contributed by atoms with Gasteiger partial charge in [-0.1, -0.05) is 19.1 Å². The summed E-state index contributed by atoms with van der Waals surface area (Å²) in [5, 5.41) is 3.61. The molecular weight excluding hydrogens is 250 g/mol. The first-order chi connectivity index (χ1) is 9.74. The van der Waals surface area contributed by atoms with E-state index in [0.717, 1.165) is 25.1 Å². The zero-order valence-electron chi connectivity index (χ0n) is 12.5. The Bertz CT molecular complexity index is 520. The second-order valence-corrected chi connectivity index (χ2v) is 5.07. The lowest BCUT2D eigenvalue weighted by Crippen LogP contribution is -2.24. The van der Waals surface area contributed by atoms with E-state index < -0.39 is 0 Å². The van der Waals surface area contributed by atoms with Gasteiger partial charge in [0.05, 0.1) is 19.6 Å². The highest BCUT2D eigenvalue weighted by Crippen LogP contribution is 2.25. The second kappa shape index (κ2) is 7.15. The predicted octanol–water partition coefficient (Wildman–Crippen LogP) is 3.88. The molecule has 0 aliphatic rings. The van der Waals surface area contributed by atoms with Gasteiger partial charge in [-0.25, -0.2) is 0 Å². The van der Waals surface area contributed by atoms with Gasteiger partial charge in [0.1, 0.15) is 5.75 Å². The minimum Gasteiger partial charge on any atom is -0.496 e. The average molecular weight is 273 g/mol. The number of ether oxygens (including phenoxy) is 1. The molecule has 2 rings (SSSR count). The van der Waals surface area contributed by atoms with Crippen molar-refractivity contribution in [1.29, 1.82) is 0 Å². The van der Waals surface area contributed by atoms with E-state index in [1.54, 1.807) is 13.4 Å². The lowest BCUT2D eigenvalue weighted by atomic mass is 9.98. The summed E-state index contributed by atoms with van der Waals surface area (Å²) in [6.45, 7) is 5.27. The van der Waals surface area contributed by atoms with E-state index in [1.165, 1.54) is 16.7 Å². The molecule has 1 N–H and O–H groups in total. The normalized spacial score (nSPS) is 12.3. The standard InChI is InChI=1S/C17H23NO2/c1-4-8-18-16(11-14-7-9-20-12-14)15-5-6-17(19-3)13(2)10-15/h5-7,9-10,12,16,18H,4,8,11H2,1-3H3. The van der Waals surface area contributed by atoms with Gasteiger partial charge in [0, 0.05) is 6.04 Å². The SMILES string of the molecule is CCCNC(Cc1ccoc1)c1ccc(OC)c(C)c1. The molecule has 108 valence electrons. The number of rotatable bonds is 7. The third-order valence-corrected chi connectivity index (χ3v) is 3.48. The van der Waals surface area contributed by atoms with Gasteiger partial charge >= 0.3 is 0 Å². The van der Waals surface area contributed by atoms with Crippen molar-refractivity contribution in [2.45, 2.75) is 32.7 Å². The number of hydrogen-bond donors (Lipinski definition) is 1. The third kappa shape index (κ3) is 3.64. The summed E-state index contributed by atoms with van der Waals surface area (Å²) in [5.74, 6) is 0.936. The molecule has 1 unspecified atom stereocenters.